The summed E-state index contributed by atoms with van der Waals surface area (Å²) >= 11 is 0. The molecule has 2 aromatic rings. The molecular weight excluding hydrogens is 370 g/mol. The molecule has 1 saturated heterocycles. The molecule has 152 valence electrons. The Hall–Kier alpha value is -2.77. The fourth-order valence-electron chi connectivity index (χ4n) is 4.84. The number of aliphatic hydroxyl groups is 1. The number of anilines is 1. The number of rotatable bonds is 6. The Labute approximate surface area is 169 Å². The van der Waals surface area contributed by atoms with Crippen LogP contribution in [-0.2, 0) is 6.42 Å². The van der Waals surface area contributed by atoms with Gasteiger partial charge in [-0.25, -0.2) is 9.78 Å². The summed E-state index contributed by atoms with van der Waals surface area (Å²) < 4.78 is 0. The Morgan fingerprint density at radius 2 is 1.79 bits per heavy atom. The molecule has 7 nitrogen and oxygen atoms in total. The number of hydrogen-bond acceptors (Lipinski definition) is 5. The second kappa shape index (κ2) is 7.93. The minimum Gasteiger partial charge on any atom is -0.465 e. The van der Waals surface area contributed by atoms with E-state index in [0.29, 0.717) is 30.4 Å². The maximum atomic E-state index is 12.6. The highest BCUT2D eigenvalue weighted by atomic mass is 16.4. The standard InChI is InChI=1S/C22H25N3O4/c26-19(16-6-7-20(23-11-16)24-21(27)28)14-25-12-17-9-22(29,10-18(17)13-25)8-15-4-2-1-3-5-15/h1-7,11,17-18,29H,8-10,12-14H2,(H,23,24)(H,27,28). The third-order valence-electron chi connectivity index (χ3n) is 6.00. The average Bonchev–Trinajstić information content (AvgIpc) is 3.16. The number of nitrogens with one attached hydrogen (secondary N) is 1. The Morgan fingerprint density at radius 3 is 2.38 bits per heavy atom. The summed E-state index contributed by atoms with van der Waals surface area (Å²) in [5, 5.41) is 21.9. The van der Waals surface area contributed by atoms with Crippen LogP contribution in [0.1, 0.15) is 28.8 Å². The summed E-state index contributed by atoms with van der Waals surface area (Å²) in [6.07, 6.45) is 2.45. The van der Waals surface area contributed by atoms with Crippen molar-refractivity contribution in [2.75, 3.05) is 25.0 Å². The zero-order valence-corrected chi connectivity index (χ0v) is 16.1. The van der Waals surface area contributed by atoms with E-state index in [1.807, 2.05) is 18.2 Å². The third kappa shape index (κ3) is 4.63. The highest BCUT2D eigenvalue weighted by Gasteiger charge is 2.48. The summed E-state index contributed by atoms with van der Waals surface area (Å²) in [5.41, 5.74) is 0.984. The van der Waals surface area contributed by atoms with Crippen LogP contribution in [0, 0.1) is 11.8 Å². The number of carbonyl (C=O) groups is 2. The van der Waals surface area contributed by atoms with E-state index in [-0.39, 0.29) is 11.6 Å². The highest BCUT2D eigenvalue weighted by molar-refractivity contribution is 5.97. The molecule has 3 N–H and O–H groups in total. The van der Waals surface area contributed by atoms with Crippen LogP contribution in [0.25, 0.3) is 0 Å². The number of hydrogen-bond donors (Lipinski definition) is 3. The number of pyridine rings is 1. The normalized spacial score (nSPS) is 26.2. The first-order valence-electron chi connectivity index (χ1n) is 9.88. The maximum Gasteiger partial charge on any atom is 0.410 e. The topological polar surface area (TPSA) is 103 Å². The largest absolute Gasteiger partial charge is 0.465 e. The van der Waals surface area contributed by atoms with Gasteiger partial charge in [0, 0.05) is 31.3 Å². The lowest BCUT2D eigenvalue weighted by Gasteiger charge is -2.26. The molecular formula is C22H25N3O4. The van der Waals surface area contributed by atoms with Gasteiger partial charge >= 0.3 is 6.09 Å². The fourth-order valence-corrected chi connectivity index (χ4v) is 4.84. The Balaban J connectivity index is 1.30. The van der Waals surface area contributed by atoms with Gasteiger partial charge in [0.15, 0.2) is 5.78 Å². The van der Waals surface area contributed by atoms with Crippen LogP contribution in [0.5, 0.6) is 0 Å². The van der Waals surface area contributed by atoms with Gasteiger partial charge in [-0.2, -0.15) is 0 Å². The first-order chi connectivity index (χ1) is 13.9. The molecule has 7 heteroatoms. The van der Waals surface area contributed by atoms with Crippen molar-refractivity contribution < 1.29 is 19.8 Å². The number of Topliss-reactive ketones (excluding diaryl/α,β-unsaturated/α-hetero) is 1. The van der Waals surface area contributed by atoms with E-state index < -0.39 is 11.7 Å². The SMILES string of the molecule is O=C(O)Nc1ccc(C(=O)CN2CC3CC(O)(Cc4ccccc4)CC3C2)cn1. The van der Waals surface area contributed by atoms with E-state index in [1.165, 1.54) is 12.3 Å². The lowest BCUT2D eigenvalue weighted by Crippen LogP contribution is -2.34. The number of nitrogens with zero attached hydrogens (tertiary/aromatic N) is 2. The van der Waals surface area contributed by atoms with E-state index in [1.54, 1.807) is 6.07 Å². The van der Waals surface area contributed by atoms with E-state index in [0.717, 1.165) is 31.5 Å². The summed E-state index contributed by atoms with van der Waals surface area (Å²) in [6, 6.07) is 13.2. The van der Waals surface area contributed by atoms with Crippen LogP contribution in [0.3, 0.4) is 0 Å². The number of likely N-dealkylation sites (tertiary alicyclic amines) is 1. The molecule has 1 aromatic heterocycles. The first-order valence-corrected chi connectivity index (χ1v) is 9.88. The first kappa shape index (κ1) is 19.5. The van der Waals surface area contributed by atoms with Gasteiger partial charge in [-0.15, -0.1) is 0 Å². The van der Waals surface area contributed by atoms with Gasteiger partial charge in [0.1, 0.15) is 5.82 Å². The number of fused-ring (bicyclic) bond motifs is 1. The quantitative estimate of drug-likeness (QED) is 0.650. The summed E-state index contributed by atoms with van der Waals surface area (Å²) in [7, 11) is 0. The Kier molecular flexibility index (Phi) is 5.34. The Bertz CT molecular complexity index is 871. The van der Waals surface area contributed by atoms with Crippen LogP contribution in [0.15, 0.2) is 48.7 Å². The van der Waals surface area contributed by atoms with Gasteiger partial charge in [-0.3, -0.25) is 15.0 Å². The van der Waals surface area contributed by atoms with Crippen LogP contribution in [0.2, 0.25) is 0 Å². The number of benzene rings is 1. The van der Waals surface area contributed by atoms with Gasteiger partial charge in [0.05, 0.1) is 12.1 Å². The molecule has 0 radical (unpaired) electrons. The van der Waals surface area contributed by atoms with Crippen LogP contribution >= 0.6 is 0 Å². The number of ketones is 1. The fraction of sp³-hybridized carbons (Fsp3) is 0.409. The molecule has 2 atom stereocenters. The van der Waals surface area contributed by atoms with Crippen molar-refractivity contribution in [1.82, 2.24) is 9.88 Å². The zero-order valence-electron chi connectivity index (χ0n) is 16.1. The van der Waals surface area contributed by atoms with Gasteiger partial charge in [-0.1, -0.05) is 30.3 Å². The van der Waals surface area contributed by atoms with Crippen LogP contribution in [0.4, 0.5) is 10.6 Å². The van der Waals surface area contributed by atoms with Crippen LogP contribution in [-0.4, -0.2) is 57.2 Å². The molecule has 2 fully saturated rings. The van der Waals surface area contributed by atoms with Crippen molar-refractivity contribution >= 4 is 17.7 Å². The predicted octanol–water partition coefficient (Wildman–Crippen LogP) is 2.67. The molecule has 4 rings (SSSR count). The highest BCUT2D eigenvalue weighted by Crippen LogP contribution is 2.45. The van der Waals surface area contributed by atoms with Gasteiger partial charge in [0.25, 0.3) is 0 Å². The van der Waals surface area contributed by atoms with Crippen molar-refractivity contribution in [2.45, 2.75) is 24.9 Å². The predicted molar refractivity (Wildman–Crippen MR) is 108 cm³/mol. The van der Waals surface area contributed by atoms with Crippen molar-refractivity contribution in [3.63, 3.8) is 0 Å². The molecule has 0 bridgehead atoms. The summed E-state index contributed by atoms with van der Waals surface area (Å²) in [6.45, 7) is 1.96. The molecule has 1 aliphatic carbocycles. The van der Waals surface area contributed by atoms with E-state index in [2.05, 4.69) is 27.3 Å². The van der Waals surface area contributed by atoms with Gasteiger partial charge in [0.2, 0.25) is 0 Å². The lowest BCUT2D eigenvalue weighted by molar-refractivity contribution is 0.0355. The molecule has 2 aliphatic rings. The number of carbonyl (C=O) groups excluding carboxylic acids is 1. The molecule has 1 amide bonds. The minimum absolute atomic E-state index is 0.0288. The molecule has 2 unspecified atom stereocenters. The van der Waals surface area contributed by atoms with E-state index in [9.17, 15) is 14.7 Å². The van der Waals surface area contributed by atoms with Gasteiger partial charge < -0.3 is 10.2 Å². The number of carboxylic acid groups (broad SMARTS) is 1. The van der Waals surface area contributed by atoms with Crippen molar-refractivity contribution in [2.24, 2.45) is 11.8 Å². The molecule has 0 spiro atoms. The summed E-state index contributed by atoms with van der Waals surface area (Å²) in [5.74, 6) is 0.995. The van der Waals surface area contributed by atoms with Gasteiger partial charge in [-0.05, 0) is 42.4 Å². The number of amides is 1. The van der Waals surface area contributed by atoms with Crippen molar-refractivity contribution in [3.8, 4) is 0 Å². The zero-order chi connectivity index (χ0) is 20.4. The molecule has 1 saturated carbocycles. The molecule has 1 aliphatic heterocycles. The Morgan fingerprint density at radius 1 is 1.10 bits per heavy atom. The van der Waals surface area contributed by atoms with E-state index >= 15 is 0 Å². The lowest BCUT2D eigenvalue weighted by atomic mass is 9.91. The van der Waals surface area contributed by atoms with Crippen molar-refractivity contribution in [1.29, 1.82) is 0 Å². The minimum atomic E-state index is -1.19. The molecule has 1 aromatic carbocycles. The van der Waals surface area contributed by atoms with E-state index in [4.69, 9.17) is 5.11 Å². The van der Waals surface area contributed by atoms with Crippen molar-refractivity contribution in [3.05, 3.63) is 59.8 Å². The second-order valence-electron chi connectivity index (χ2n) is 8.29. The third-order valence-corrected chi connectivity index (χ3v) is 6.00. The van der Waals surface area contributed by atoms with Crippen LogP contribution < -0.4 is 5.32 Å². The molecule has 2 heterocycles. The molecule has 29 heavy (non-hydrogen) atoms. The second-order valence-corrected chi connectivity index (χ2v) is 8.29. The average molecular weight is 395 g/mol. The summed E-state index contributed by atoms with van der Waals surface area (Å²) in [4.78, 5) is 29.3. The maximum absolute atomic E-state index is 12.6. The smallest absolute Gasteiger partial charge is 0.410 e. The number of aromatic nitrogens is 1. The monoisotopic (exact) mass is 395 g/mol.